The van der Waals surface area contributed by atoms with Crippen LogP contribution in [0, 0.1) is 0 Å². The third-order valence-corrected chi connectivity index (χ3v) is 7.38. The molecule has 0 N–H and O–H groups in total. The molecular formula is C28H38. The summed E-state index contributed by atoms with van der Waals surface area (Å²) < 4.78 is 0. The molecule has 0 bridgehead atoms. The van der Waals surface area contributed by atoms with Crippen LogP contribution in [0.5, 0.6) is 0 Å². The normalized spacial score (nSPS) is 14.1. The highest BCUT2D eigenvalue weighted by molar-refractivity contribution is 5.80. The van der Waals surface area contributed by atoms with Gasteiger partial charge in [0.05, 0.1) is 0 Å². The Balaban J connectivity index is 2.13. The molecule has 0 fully saturated rings. The van der Waals surface area contributed by atoms with Gasteiger partial charge in [0, 0.05) is 5.92 Å². The summed E-state index contributed by atoms with van der Waals surface area (Å²) in [5, 5.41) is 0. The molecular weight excluding hydrogens is 336 g/mol. The molecule has 1 aliphatic rings. The second-order valence-corrected chi connectivity index (χ2v) is 9.85. The predicted octanol–water partition coefficient (Wildman–Crippen LogP) is 8.53. The molecule has 0 nitrogen and oxygen atoms in total. The molecule has 0 radical (unpaired) electrons. The lowest BCUT2D eigenvalue weighted by Crippen LogP contribution is -2.16. The van der Waals surface area contributed by atoms with Gasteiger partial charge in [0.25, 0.3) is 0 Å². The zero-order valence-corrected chi connectivity index (χ0v) is 18.9. The van der Waals surface area contributed by atoms with E-state index in [0.29, 0.717) is 5.92 Å². The van der Waals surface area contributed by atoms with Crippen LogP contribution in [-0.2, 0) is 10.8 Å². The molecule has 0 spiro atoms. The minimum Gasteiger partial charge on any atom is -0.103 e. The van der Waals surface area contributed by atoms with Crippen molar-refractivity contribution in [3.8, 4) is 11.1 Å². The first-order chi connectivity index (χ1) is 13.2. The van der Waals surface area contributed by atoms with Gasteiger partial charge in [-0.1, -0.05) is 84.0 Å². The van der Waals surface area contributed by atoms with E-state index in [0.717, 1.165) is 19.3 Å². The number of hydrogen-bond acceptors (Lipinski definition) is 0. The molecule has 0 aliphatic heterocycles. The Labute approximate surface area is 173 Å². The average Bonchev–Trinajstić information content (AvgIpc) is 3.01. The van der Waals surface area contributed by atoms with Crippen LogP contribution < -0.4 is 0 Å². The van der Waals surface area contributed by atoms with Crippen molar-refractivity contribution in [2.24, 2.45) is 0 Å². The quantitative estimate of drug-likeness (QED) is 0.321. The number of allylic oxidation sites excluding steroid dienone is 1. The van der Waals surface area contributed by atoms with E-state index in [-0.39, 0.29) is 10.8 Å². The van der Waals surface area contributed by atoms with Crippen molar-refractivity contribution in [2.75, 3.05) is 0 Å². The van der Waals surface area contributed by atoms with Gasteiger partial charge in [0.2, 0.25) is 0 Å². The van der Waals surface area contributed by atoms with Gasteiger partial charge >= 0.3 is 0 Å². The fourth-order valence-corrected chi connectivity index (χ4v) is 4.38. The van der Waals surface area contributed by atoms with Crippen LogP contribution in [0.15, 0.2) is 49.1 Å². The first-order valence-corrected chi connectivity index (χ1v) is 11.1. The number of hydrogen-bond donors (Lipinski definition) is 0. The molecule has 0 heteroatoms. The number of benzene rings is 2. The lowest BCUT2D eigenvalue weighted by Gasteiger charge is -2.25. The lowest BCUT2D eigenvalue weighted by molar-refractivity contribution is 0.506. The standard InChI is InChI=1S/C28H38/c1-8-11-12-13-22-23-16-14-20(27(4,5)9-2)18-25(23)26-19-21(15-17-24(22)26)28(6,7)10-3/h8,14-19,22H,1,9-13H2,2-7H3. The summed E-state index contributed by atoms with van der Waals surface area (Å²) in [6.45, 7) is 18.0. The Morgan fingerprint density at radius 1 is 0.821 bits per heavy atom. The van der Waals surface area contributed by atoms with E-state index in [4.69, 9.17) is 0 Å². The zero-order valence-electron chi connectivity index (χ0n) is 18.9. The van der Waals surface area contributed by atoms with Gasteiger partial charge in [0.15, 0.2) is 0 Å². The van der Waals surface area contributed by atoms with Gasteiger partial charge in [-0.3, -0.25) is 0 Å². The molecule has 0 saturated heterocycles. The minimum absolute atomic E-state index is 0.219. The van der Waals surface area contributed by atoms with E-state index in [1.54, 1.807) is 0 Å². The summed E-state index contributed by atoms with van der Waals surface area (Å²) in [7, 11) is 0. The zero-order chi connectivity index (χ0) is 20.5. The second-order valence-electron chi connectivity index (χ2n) is 9.85. The van der Waals surface area contributed by atoms with Crippen molar-refractivity contribution in [3.05, 3.63) is 71.3 Å². The van der Waals surface area contributed by atoms with E-state index >= 15 is 0 Å². The van der Waals surface area contributed by atoms with Crippen LogP contribution in [0.25, 0.3) is 11.1 Å². The fourth-order valence-electron chi connectivity index (χ4n) is 4.38. The smallest absolute Gasteiger partial charge is 0.0102 e. The van der Waals surface area contributed by atoms with Crippen molar-refractivity contribution in [1.29, 1.82) is 0 Å². The first kappa shape index (κ1) is 20.9. The molecule has 0 heterocycles. The lowest BCUT2D eigenvalue weighted by atomic mass is 9.79. The van der Waals surface area contributed by atoms with Gasteiger partial charge < -0.3 is 0 Å². The Hall–Kier alpha value is -1.82. The van der Waals surface area contributed by atoms with E-state index in [1.165, 1.54) is 46.2 Å². The summed E-state index contributed by atoms with van der Waals surface area (Å²) in [6, 6.07) is 14.6. The van der Waals surface area contributed by atoms with E-state index in [9.17, 15) is 0 Å². The summed E-state index contributed by atoms with van der Waals surface area (Å²) in [6.07, 6.45) is 7.88. The summed E-state index contributed by atoms with van der Waals surface area (Å²) >= 11 is 0. The summed E-state index contributed by atoms with van der Waals surface area (Å²) in [4.78, 5) is 0. The van der Waals surface area contributed by atoms with Gasteiger partial charge in [0.1, 0.15) is 0 Å². The third kappa shape index (κ3) is 3.71. The molecule has 150 valence electrons. The Morgan fingerprint density at radius 3 is 1.68 bits per heavy atom. The Bertz CT molecular complexity index is 785. The van der Waals surface area contributed by atoms with Crippen molar-refractivity contribution in [1.82, 2.24) is 0 Å². The molecule has 0 aromatic heterocycles. The number of rotatable bonds is 8. The van der Waals surface area contributed by atoms with Crippen LogP contribution in [0.1, 0.15) is 102 Å². The van der Waals surface area contributed by atoms with Crippen LogP contribution in [-0.4, -0.2) is 0 Å². The highest BCUT2D eigenvalue weighted by Crippen LogP contribution is 2.49. The third-order valence-electron chi connectivity index (χ3n) is 7.38. The van der Waals surface area contributed by atoms with Crippen LogP contribution in [0.3, 0.4) is 0 Å². The first-order valence-electron chi connectivity index (χ1n) is 11.1. The van der Waals surface area contributed by atoms with E-state index < -0.39 is 0 Å². The Morgan fingerprint density at radius 2 is 1.29 bits per heavy atom. The number of unbranched alkanes of at least 4 members (excludes halogenated alkanes) is 1. The molecule has 2 aromatic carbocycles. The molecule has 2 aromatic rings. The number of fused-ring (bicyclic) bond motifs is 3. The SMILES string of the molecule is C=CCCCC1c2ccc(C(C)(C)CC)cc2-c2cc(C(C)(C)CC)ccc21. The maximum Gasteiger partial charge on any atom is 0.0102 e. The summed E-state index contributed by atoms with van der Waals surface area (Å²) in [5.74, 6) is 0.530. The fraction of sp³-hybridized carbons (Fsp3) is 0.500. The van der Waals surface area contributed by atoms with Gasteiger partial charge in [-0.2, -0.15) is 0 Å². The van der Waals surface area contributed by atoms with Crippen LogP contribution in [0.2, 0.25) is 0 Å². The maximum absolute atomic E-state index is 3.91. The predicted molar refractivity (Wildman–Crippen MR) is 124 cm³/mol. The largest absolute Gasteiger partial charge is 0.103 e. The van der Waals surface area contributed by atoms with Crippen molar-refractivity contribution in [2.45, 2.75) is 90.4 Å². The maximum atomic E-state index is 3.91. The molecule has 0 amide bonds. The molecule has 0 saturated carbocycles. The highest BCUT2D eigenvalue weighted by atomic mass is 14.4. The van der Waals surface area contributed by atoms with Crippen LogP contribution >= 0.6 is 0 Å². The van der Waals surface area contributed by atoms with Crippen molar-refractivity contribution < 1.29 is 0 Å². The van der Waals surface area contributed by atoms with E-state index in [2.05, 4.69) is 90.6 Å². The van der Waals surface area contributed by atoms with Crippen molar-refractivity contribution >= 4 is 0 Å². The van der Waals surface area contributed by atoms with E-state index in [1.807, 2.05) is 0 Å². The average molecular weight is 375 g/mol. The summed E-state index contributed by atoms with van der Waals surface area (Å²) in [5.41, 5.74) is 9.38. The molecule has 0 unspecified atom stereocenters. The second kappa shape index (κ2) is 7.90. The van der Waals surface area contributed by atoms with Crippen molar-refractivity contribution in [3.63, 3.8) is 0 Å². The van der Waals surface area contributed by atoms with Gasteiger partial charge in [-0.15, -0.1) is 6.58 Å². The van der Waals surface area contributed by atoms with Gasteiger partial charge in [-0.25, -0.2) is 0 Å². The highest BCUT2D eigenvalue weighted by Gasteiger charge is 2.31. The molecule has 3 rings (SSSR count). The molecule has 1 aliphatic carbocycles. The monoisotopic (exact) mass is 374 g/mol. The molecule has 0 atom stereocenters. The minimum atomic E-state index is 0.219. The van der Waals surface area contributed by atoms with Crippen LogP contribution in [0.4, 0.5) is 0 Å². The topological polar surface area (TPSA) is 0 Å². The molecule has 28 heavy (non-hydrogen) atoms. The Kier molecular flexibility index (Phi) is 5.89. The van der Waals surface area contributed by atoms with Gasteiger partial charge in [-0.05, 0) is 76.3 Å².